The maximum Gasteiger partial charge on any atom is 0.246 e. The van der Waals surface area contributed by atoms with Crippen molar-refractivity contribution >= 4 is 10.0 Å². The van der Waals surface area contributed by atoms with Crippen molar-refractivity contribution in [3.8, 4) is 0 Å². The van der Waals surface area contributed by atoms with Gasteiger partial charge in [0.2, 0.25) is 10.0 Å². The van der Waals surface area contributed by atoms with Crippen LogP contribution < -0.4 is 0 Å². The highest BCUT2D eigenvalue weighted by atomic mass is 32.2. The molecule has 0 bridgehead atoms. The van der Waals surface area contributed by atoms with E-state index in [1.54, 1.807) is 6.92 Å². The number of aryl methyl sites for hydroxylation is 1. The Morgan fingerprint density at radius 3 is 2.40 bits per heavy atom. The van der Waals surface area contributed by atoms with Gasteiger partial charge in [0.25, 0.3) is 0 Å². The highest BCUT2D eigenvalue weighted by molar-refractivity contribution is 7.89. The number of nitrogens with one attached hydrogen (secondary N) is 1. The van der Waals surface area contributed by atoms with Crippen LogP contribution in [0.3, 0.4) is 0 Å². The van der Waals surface area contributed by atoms with Gasteiger partial charge in [-0.2, -0.15) is 9.40 Å². The monoisotopic (exact) mass is 304 g/mol. The molecule has 0 unspecified atom stereocenters. The molecular formula is C12H24N4O3S. The van der Waals surface area contributed by atoms with Crippen LogP contribution in [0, 0.1) is 6.92 Å². The van der Waals surface area contributed by atoms with E-state index in [0.717, 1.165) is 6.42 Å². The molecule has 0 aromatic carbocycles. The number of aliphatic hydroxyl groups excluding tert-OH is 1. The molecule has 0 aliphatic carbocycles. The Morgan fingerprint density at radius 1 is 1.25 bits per heavy atom. The van der Waals surface area contributed by atoms with E-state index in [-0.39, 0.29) is 10.6 Å². The Morgan fingerprint density at radius 2 is 1.90 bits per heavy atom. The fraction of sp³-hybridized carbons (Fsp3) is 0.750. The summed E-state index contributed by atoms with van der Waals surface area (Å²) in [5, 5.41) is 15.7. The molecule has 1 rings (SSSR count). The Balaban J connectivity index is 3.12. The molecule has 0 radical (unpaired) electrons. The average Bonchev–Trinajstić information content (AvgIpc) is 2.75. The first-order valence-electron chi connectivity index (χ1n) is 6.64. The zero-order valence-corrected chi connectivity index (χ0v) is 13.4. The van der Waals surface area contributed by atoms with Gasteiger partial charge in [0.1, 0.15) is 10.6 Å². The van der Waals surface area contributed by atoms with E-state index >= 15 is 0 Å². The van der Waals surface area contributed by atoms with E-state index in [2.05, 4.69) is 10.2 Å². The minimum Gasteiger partial charge on any atom is -0.390 e. The number of hydrogen-bond donors (Lipinski definition) is 2. The van der Waals surface area contributed by atoms with Crippen LogP contribution >= 0.6 is 0 Å². The van der Waals surface area contributed by atoms with Crippen molar-refractivity contribution in [2.45, 2.75) is 31.8 Å². The third-order valence-electron chi connectivity index (χ3n) is 2.98. The molecule has 1 aromatic rings. The van der Waals surface area contributed by atoms with Gasteiger partial charge in [0.05, 0.1) is 12.3 Å². The molecule has 0 atom stereocenters. The lowest BCUT2D eigenvalue weighted by Gasteiger charge is -2.23. The lowest BCUT2D eigenvalue weighted by atomic mass is 10.4. The summed E-state index contributed by atoms with van der Waals surface area (Å²) >= 11 is 0. The summed E-state index contributed by atoms with van der Waals surface area (Å²) in [4.78, 5) is 2.04. The molecule has 1 heterocycles. The van der Waals surface area contributed by atoms with Crippen LogP contribution in [-0.4, -0.2) is 66.7 Å². The van der Waals surface area contributed by atoms with Crippen molar-refractivity contribution in [2.24, 2.45) is 0 Å². The summed E-state index contributed by atoms with van der Waals surface area (Å²) in [5.74, 6) is 0. The molecule has 7 nitrogen and oxygen atoms in total. The maximum atomic E-state index is 12.7. The zero-order chi connectivity index (χ0) is 15.3. The van der Waals surface area contributed by atoms with E-state index < -0.39 is 16.6 Å². The molecular weight excluding hydrogens is 280 g/mol. The number of rotatable bonds is 8. The minimum absolute atomic E-state index is 0.104. The Bertz CT molecular complexity index is 525. The van der Waals surface area contributed by atoms with Gasteiger partial charge >= 0.3 is 0 Å². The Hall–Kier alpha value is -0.960. The highest BCUT2D eigenvalue weighted by Gasteiger charge is 2.30. The second-order valence-electron chi connectivity index (χ2n) is 4.99. The Kier molecular flexibility index (Phi) is 6.12. The lowest BCUT2D eigenvalue weighted by Crippen LogP contribution is -2.37. The molecule has 0 spiro atoms. The van der Waals surface area contributed by atoms with Crippen molar-refractivity contribution in [3.63, 3.8) is 0 Å². The van der Waals surface area contributed by atoms with Gasteiger partial charge in [-0.05, 0) is 27.4 Å². The van der Waals surface area contributed by atoms with Crippen LogP contribution in [0.2, 0.25) is 0 Å². The fourth-order valence-corrected chi connectivity index (χ4v) is 3.80. The van der Waals surface area contributed by atoms with Crippen LogP contribution in [0.25, 0.3) is 0 Å². The number of H-pyrrole nitrogens is 1. The van der Waals surface area contributed by atoms with Gasteiger partial charge in [-0.15, -0.1) is 0 Å². The van der Waals surface area contributed by atoms with Gasteiger partial charge < -0.3 is 10.0 Å². The molecule has 0 aliphatic rings. The molecule has 0 aliphatic heterocycles. The SMILES string of the molecule is CCCN(CCN(C)C)S(=O)(=O)c1c(CO)n[nH]c1C. The minimum atomic E-state index is -3.64. The van der Waals surface area contributed by atoms with E-state index in [1.165, 1.54) is 4.31 Å². The van der Waals surface area contributed by atoms with Crippen molar-refractivity contribution in [1.29, 1.82) is 0 Å². The first-order valence-corrected chi connectivity index (χ1v) is 8.08. The largest absolute Gasteiger partial charge is 0.390 e. The number of sulfonamides is 1. The number of aliphatic hydroxyl groups is 1. The number of aromatic nitrogens is 2. The van der Waals surface area contributed by atoms with Crippen LogP contribution in [0.5, 0.6) is 0 Å². The molecule has 0 saturated carbocycles. The van der Waals surface area contributed by atoms with Gasteiger partial charge in [-0.25, -0.2) is 8.42 Å². The summed E-state index contributed by atoms with van der Waals surface area (Å²) in [6.45, 7) is 4.70. The third-order valence-corrected chi connectivity index (χ3v) is 5.08. The molecule has 2 N–H and O–H groups in total. The van der Waals surface area contributed by atoms with Crippen LogP contribution in [0.1, 0.15) is 24.7 Å². The summed E-state index contributed by atoms with van der Waals surface area (Å²) in [5.41, 5.74) is 0.633. The van der Waals surface area contributed by atoms with Crippen LogP contribution in [0.4, 0.5) is 0 Å². The van der Waals surface area contributed by atoms with Crippen LogP contribution in [0.15, 0.2) is 4.90 Å². The average molecular weight is 304 g/mol. The molecule has 8 heteroatoms. The Labute approximate surface area is 120 Å². The molecule has 0 amide bonds. The van der Waals surface area contributed by atoms with E-state index in [9.17, 15) is 13.5 Å². The summed E-state index contributed by atoms with van der Waals surface area (Å²) in [6, 6.07) is 0. The fourth-order valence-electron chi connectivity index (χ4n) is 1.96. The van der Waals surface area contributed by atoms with E-state index in [0.29, 0.717) is 25.3 Å². The molecule has 0 fully saturated rings. The predicted octanol–water partition coefficient (Wildman–Crippen LogP) is 0.173. The molecule has 116 valence electrons. The smallest absolute Gasteiger partial charge is 0.246 e. The summed E-state index contributed by atoms with van der Waals surface area (Å²) < 4.78 is 26.9. The second-order valence-corrected chi connectivity index (χ2v) is 6.86. The normalized spacial score (nSPS) is 12.6. The molecule has 0 saturated heterocycles. The lowest BCUT2D eigenvalue weighted by molar-refractivity contribution is 0.272. The van der Waals surface area contributed by atoms with Crippen LogP contribution in [-0.2, 0) is 16.6 Å². The van der Waals surface area contributed by atoms with Crippen molar-refractivity contribution in [2.75, 3.05) is 33.7 Å². The first kappa shape index (κ1) is 17.1. The summed E-state index contributed by atoms with van der Waals surface area (Å²) in [6.07, 6.45) is 0.734. The maximum absolute atomic E-state index is 12.7. The standard InChI is InChI=1S/C12H24N4O3S/c1-5-6-16(8-7-15(3)4)20(18,19)12-10(2)13-14-11(12)9-17/h17H,5-9H2,1-4H3,(H,13,14). The van der Waals surface area contributed by atoms with E-state index in [1.807, 2.05) is 25.9 Å². The quantitative estimate of drug-likeness (QED) is 0.715. The zero-order valence-electron chi connectivity index (χ0n) is 12.5. The summed E-state index contributed by atoms with van der Waals surface area (Å²) in [7, 11) is 0.168. The number of hydrogen-bond acceptors (Lipinski definition) is 5. The molecule has 1 aromatic heterocycles. The number of likely N-dealkylation sites (N-methyl/N-ethyl adjacent to an activating group) is 1. The van der Waals surface area contributed by atoms with Gasteiger partial charge in [-0.1, -0.05) is 6.92 Å². The van der Waals surface area contributed by atoms with Gasteiger partial charge in [-0.3, -0.25) is 5.10 Å². The second kappa shape index (κ2) is 7.16. The number of nitrogens with zero attached hydrogens (tertiary/aromatic N) is 3. The van der Waals surface area contributed by atoms with Gasteiger partial charge in [0.15, 0.2) is 0 Å². The topological polar surface area (TPSA) is 89.5 Å². The van der Waals surface area contributed by atoms with Gasteiger partial charge in [0, 0.05) is 19.6 Å². The highest BCUT2D eigenvalue weighted by Crippen LogP contribution is 2.22. The number of aromatic amines is 1. The van der Waals surface area contributed by atoms with Crippen molar-refractivity contribution < 1.29 is 13.5 Å². The first-order chi connectivity index (χ1) is 9.34. The molecule has 20 heavy (non-hydrogen) atoms. The van der Waals surface area contributed by atoms with Crippen molar-refractivity contribution in [3.05, 3.63) is 11.4 Å². The van der Waals surface area contributed by atoms with Crippen molar-refractivity contribution in [1.82, 2.24) is 19.4 Å². The predicted molar refractivity (Wildman–Crippen MR) is 76.9 cm³/mol. The third kappa shape index (κ3) is 3.78. The van der Waals surface area contributed by atoms with E-state index in [4.69, 9.17) is 0 Å².